The van der Waals surface area contributed by atoms with Crippen molar-refractivity contribution in [3.8, 4) is 5.75 Å². The van der Waals surface area contributed by atoms with Gasteiger partial charge in [0.25, 0.3) is 11.8 Å². The molecular formula is C32H22Cl2F2N2O5. The monoisotopic (exact) mass is 622 g/mol. The Labute approximate surface area is 254 Å². The van der Waals surface area contributed by atoms with Gasteiger partial charge in [0.15, 0.2) is 21.3 Å². The van der Waals surface area contributed by atoms with Crippen molar-refractivity contribution in [1.29, 1.82) is 0 Å². The Morgan fingerprint density at radius 2 is 1.47 bits per heavy atom. The number of allylic oxidation sites excluding steroid dienone is 2. The van der Waals surface area contributed by atoms with Crippen molar-refractivity contribution in [2.45, 2.75) is 28.5 Å². The van der Waals surface area contributed by atoms with E-state index in [1.54, 1.807) is 36.4 Å². The van der Waals surface area contributed by atoms with Crippen molar-refractivity contribution in [2.24, 2.45) is 17.8 Å². The fourth-order valence-electron chi connectivity index (χ4n) is 7.31. The number of carbonyl (C=O) groups is 4. The maximum Gasteiger partial charge on any atom is 0.258 e. The second kappa shape index (κ2) is 9.46. The van der Waals surface area contributed by atoms with Gasteiger partial charge in [0.1, 0.15) is 5.82 Å². The van der Waals surface area contributed by atoms with Crippen molar-refractivity contribution < 1.29 is 33.1 Å². The minimum atomic E-state index is -2.19. The number of aromatic hydroxyl groups is 1. The number of halogens is 4. The topological polar surface area (TPSA) is 95.0 Å². The van der Waals surface area contributed by atoms with Crippen LogP contribution in [0.25, 0.3) is 0 Å². The molecule has 3 aromatic rings. The van der Waals surface area contributed by atoms with E-state index in [1.807, 2.05) is 0 Å². The average molecular weight is 623 g/mol. The summed E-state index contributed by atoms with van der Waals surface area (Å²) in [4.78, 5) is 53.6. The molecule has 7 nitrogen and oxygen atoms in total. The number of hydrogen-bond donors (Lipinski definition) is 1. The summed E-state index contributed by atoms with van der Waals surface area (Å²) >= 11 is 14.5. The van der Waals surface area contributed by atoms with E-state index in [1.165, 1.54) is 18.2 Å². The predicted molar refractivity (Wildman–Crippen MR) is 154 cm³/mol. The van der Waals surface area contributed by atoms with E-state index in [9.17, 15) is 33.1 Å². The first-order valence-corrected chi connectivity index (χ1v) is 14.4. The number of para-hydroxylation sites is 1. The van der Waals surface area contributed by atoms with Crippen molar-refractivity contribution in [1.82, 2.24) is 0 Å². The van der Waals surface area contributed by atoms with Crippen molar-refractivity contribution >= 4 is 58.2 Å². The molecule has 0 radical (unpaired) electrons. The molecule has 218 valence electrons. The van der Waals surface area contributed by atoms with Gasteiger partial charge in [-0.05, 0) is 72.9 Å². The van der Waals surface area contributed by atoms with Crippen LogP contribution in [0.3, 0.4) is 0 Å². The average Bonchev–Trinajstić information content (AvgIpc) is 3.33. The van der Waals surface area contributed by atoms with Gasteiger partial charge in [0, 0.05) is 5.92 Å². The minimum absolute atomic E-state index is 0.0405. The predicted octanol–water partition coefficient (Wildman–Crippen LogP) is 5.44. The Kier molecular flexibility index (Phi) is 6.10. The smallest absolute Gasteiger partial charge is 0.258 e. The zero-order valence-corrected chi connectivity index (χ0v) is 23.7. The summed E-state index contributed by atoms with van der Waals surface area (Å²) in [7, 11) is 0. The standard InChI is InChI=1S/C32H22Cl2F2N2O5/c33-31-15-22-20(11-12-21-25(22)28(41)37(27(21)40)18-4-2-1-3-5-18)26(16-6-13-24(39)23(36)14-16)32(31,34)30(43)38(29(31)42)19-9-7-17(35)8-10-19/h1-11,13-14,21-22,25-26,39H,12,15H2/t21-,22+,25-,26-,31+,32-/m0/s1. The molecule has 2 saturated heterocycles. The summed E-state index contributed by atoms with van der Waals surface area (Å²) in [5, 5.41) is 9.91. The quantitative estimate of drug-likeness (QED) is 0.238. The van der Waals surface area contributed by atoms with Gasteiger partial charge in [-0.25, -0.2) is 13.7 Å². The molecule has 1 saturated carbocycles. The van der Waals surface area contributed by atoms with E-state index in [0.29, 0.717) is 11.3 Å². The largest absolute Gasteiger partial charge is 0.505 e. The van der Waals surface area contributed by atoms with Crippen LogP contribution < -0.4 is 9.80 Å². The molecule has 7 rings (SSSR count). The highest BCUT2D eigenvalue weighted by Gasteiger charge is 2.76. The first kappa shape index (κ1) is 27.7. The summed E-state index contributed by atoms with van der Waals surface area (Å²) in [6, 6.07) is 16.7. The van der Waals surface area contributed by atoms with Gasteiger partial charge in [-0.15, -0.1) is 23.2 Å². The molecule has 0 bridgehead atoms. The number of nitrogens with zero attached hydrogens (tertiary/aromatic N) is 2. The molecule has 1 N–H and O–H groups in total. The van der Waals surface area contributed by atoms with Gasteiger partial charge in [0.2, 0.25) is 11.8 Å². The van der Waals surface area contributed by atoms with Crippen LogP contribution in [0.1, 0.15) is 24.3 Å². The molecule has 0 aromatic heterocycles. The lowest BCUT2D eigenvalue weighted by Crippen LogP contribution is -2.60. The molecule has 6 atom stereocenters. The van der Waals surface area contributed by atoms with Crippen LogP contribution in [0.4, 0.5) is 20.2 Å². The highest BCUT2D eigenvalue weighted by Crippen LogP contribution is 2.66. The number of benzene rings is 3. The second-order valence-electron chi connectivity index (χ2n) is 11.3. The van der Waals surface area contributed by atoms with E-state index in [4.69, 9.17) is 23.2 Å². The summed E-state index contributed by atoms with van der Waals surface area (Å²) in [5.41, 5.74) is 1.08. The molecule has 11 heteroatoms. The lowest BCUT2D eigenvalue weighted by atomic mass is 9.56. The number of hydrogen-bond acceptors (Lipinski definition) is 5. The highest BCUT2D eigenvalue weighted by molar-refractivity contribution is 6.58. The maximum absolute atomic E-state index is 14.8. The van der Waals surface area contributed by atoms with Crippen molar-refractivity contribution in [3.63, 3.8) is 0 Å². The van der Waals surface area contributed by atoms with Gasteiger partial charge in [-0.2, -0.15) is 0 Å². The first-order valence-electron chi connectivity index (χ1n) is 13.6. The van der Waals surface area contributed by atoms with Gasteiger partial charge < -0.3 is 5.11 Å². The highest BCUT2D eigenvalue weighted by atomic mass is 35.5. The molecule has 43 heavy (non-hydrogen) atoms. The van der Waals surface area contributed by atoms with Crippen molar-refractivity contribution in [2.75, 3.05) is 9.80 Å². The Morgan fingerprint density at radius 1 is 0.791 bits per heavy atom. The molecule has 4 aliphatic rings. The molecule has 3 aromatic carbocycles. The number of amides is 4. The molecule has 4 amide bonds. The summed E-state index contributed by atoms with van der Waals surface area (Å²) < 4.78 is 28.5. The number of phenolic OH excluding ortho intramolecular Hbond substituents is 1. The second-order valence-corrected chi connectivity index (χ2v) is 12.6. The SMILES string of the molecule is O=C1[C@H]2[C@H](CC=C3[C@H]2C[C@@]2(Cl)C(=O)N(c4ccc(F)cc4)C(=O)[C@@]2(Cl)[C@H]3c2ccc(O)c(F)c2)C(=O)N1c1ccccc1. The maximum atomic E-state index is 14.8. The zero-order valence-electron chi connectivity index (χ0n) is 22.2. The van der Waals surface area contributed by atoms with Crippen LogP contribution in [0.5, 0.6) is 5.75 Å². The normalized spacial score (nSPS) is 31.6. The molecule has 2 aliphatic carbocycles. The molecule has 0 spiro atoms. The van der Waals surface area contributed by atoms with Crippen molar-refractivity contribution in [3.05, 3.63) is 102 Å². The summed E-state index contributed by atoms with van der Waals surface area (Å²) in [6.45, 7) is 0. The fourth-order valence-corrected chi connectivity index (χ4v) is 8.24. The Hall–Kier alpha value is -4.08. The van der Waals surface area contributed by atoms with Gasteiger partial charge in [-0.3, -0.25) is 24.1 Å². The van der Waals surface area contributed by atoms with Crippen LogP contribution >= 0.6 is 23.2 Å². The fraction of sp³-hybridized carbons (Fsp3) is 0.250. The Balaban J connectivity index is 1.41. The number of phenols is 1. The Bertz CT molecular complexity index is 1770. The third kappa shape index (κ3) is 3.64. The van der Waals surface area contributed by atoms with Gasteiger partial charge in [0.05, 0.1) is 23.2 Å². The number of carbonyl (C=O) groups excluding carboxylic acids is 4. The number of imide groups is 2. The van der Waals surface area contributed by atoms with Gasteiger partial charge >= 0.3 is 0 Å². The van der Waals surface area contributed by atoms with Crippen LogP contribution in [0, 0.1) is 29.4 Å². The van der Waals surface area contributed by atoms with E-state index >= 15 is 0 Å². The van der Waals surface area contributed by atoms with Crippen LogP contribution in [-0.4, -0.2) is 38.5 Å². The zero-order chi connectivity index (χ0) is 30.4. The minimum Gasteiger partial charge on any atom is -0.505 e. The number of rotatable bonds is 3. The molecule has 2 aliphatic heterocycles. The lowest BCUT2D eigenvalue weighted by Gasteiger charge is -2.50. The third-order valence-corrected chi connectivity index (χ3v) is 10.6. The molecule has 0 unspecified atom stereocenters. The molecular weight excluding hydrogens is 601 g/mol. The van der Waals surface area contributed by atoms with E-state index < -0.39 is 74.4 Å². The van der Waals surface area contributed by atoms with E-state index in [-0.39, 0.29) is 24.1 Å². The molecule has 3 fully saturated rings. The summed E-state index contributed by atoms with van der Waals surface area (Å²) in [6.07, 6.45) is 1.62. The Morgan fingerprint density at radius 3 is 2.14 bits per heavy atom. The lowest BCUT2D eigenvalue weighted by molar-refractivity contribution is -0.125. The third-order valence-electron chi connectivity index (χ3n) is 9.22. The summed E-state index contributed by atoms with van der Waals surface area (Å²) in [5.74, 6) is -8.51. The van der Waals surface area contributed by atoms with Gasteiger partial charge in [-0.1, -0.05) is 35.9 Å². The van der Waals surface area contributed by atoms with Crippen LogP contribution in [0.2, 0.25) is 0 Å². The van der Waals surface area contributed by atoms with E-state index in [0.717, 1.165) is 34.1 Å². The number of fused-ring (bicyclic) bond motifs is 4. The van der Waals surface area contributed by atoms with Crippen LogP contribution in [0.15, 0.2) is 84.4 Å². The number of alkyl halides is 2. The number of anilines is 2. The van der Waals surface area contributed by atoms with Crippen LogP contribution in [-0.2, 0) is 19.2 Å². The molecule has 2 heterocycles. The first-order chi connectivity index (χ1) is 20.5. The van der Waals surface area contributed by atoms with E-state index in [2.05, 4.69) is 0 Å².